The summed E-state index contributed by atoms with van der Waals surface area (Å²) in [7, 11) is -3.45. The number of halogens is 2. The molecular formula is C7H14Cl2NO5S-. The van der Waals surface area contributed by atoms with Crippen molar-refractivity contribution in [3.8, 4) is 0 Å². The van der Waals surface area contributed by atoms with Crippen LogP contribution in [0, 0.1) is 0 Å². The Bertz CT molecular complexity index is 287. The van der Waals surface area contributed by atoms with E-state index < -0.39 is 16.4 Å². The lowest BCUT2D eigenvalue weighted by atomic mass is 10.4. The molecule has 0 heterocycles. The smallest absolute Gasteiger partial charge is 0.161 e. The van der Waals surface area contributed by atoms with E-state index in [0.29, 0.717) is 4.31 Å². The average Bonchev–Trinajstić information content (AvgIpc) is 2.15. The highest BCUT2D eigenvalue weighted by molar-refractivity contribution is 7.83. The molecule has 0 aliphatic rings. The lowest BCUT2D eigenvalue weighted by Gasteiger charge is -2.23. The van der Waals surface area contributed by atoms with Crippen molar-refractivity contribution in [2.24, 2.45) is 0 Å². The van der Waals surface area contributed by atoms with Gasteiger partial charge in [-0.05, 0) is 0 Å². The molecule has 2 unspecified atom stereocenters. The number of ether oxygens (including phenoxy) is 1. The maximum Gasteiger partial charge on any atom is 0.161 e. The second-order valence-corrected chi connectivity index (χ2v) is 5.59. The third-order valence-electron chi connectivity index (χ3n) is 1.63. The van der Waals surface area contributed by atoms with Crippen LogP contribution in [0.5, 0.6) is 0 Å². The quantitative estimate of drug-likeness (QED) is 0.486. The molecule has 0 amide bonds. The summed E-state index contributed by atoms with van der Waals surface area (Å²) in [5, 5.41) is 8.96. The Hall–Kier alpha value is 0.370. The molecule has 0 radical (unpaired) electrons. The highest BCUT2D eigenvalue weighted by Gasteiger charge is 2.13. The first kappa shape index (κ1) is 16.4. The van der Waals surface area contributed by atoms with Crippen molar-refractivity contribution >= 4 is 33.5 Å². The van der Waals surface area contributed by atoms with Crippen molar-refractivity contribution in [3.63, 3.8) is 0 Å². The largest absolute Gasteiger partial charge is 0.735 e. The van der Waals surface area contributed by atoms with E-state index in [0.717, 1.165) is 7.05 Å². The molecular weight excluding hydrogens is 281 g/mol. The summed E-state index contributed by atoms with van der Waals surface area (Å²) in [6.45, 7) is -0.282. The van der Waals surface area contributed by atoms with Crippen LogP contribution in [-0.2, 0) is 15.0 Å². The Morgan fingerprint density at radius 3 is 2.50 bits per heavy atom. The van der Waals surface area contributed by atoms with Crippen LogP contribution >= 0.6 is 23.2 Å². The SMILES string of the molecule is CN(CC(O)COCC(Cl)CCl)S(=O)(=O)[O-]. The van der Waals surface area contributed by atoms with Crippen molar-refractivity contribution < 1.29 is 22.8 Å². The van der Waals surface area contributed by atoms with Crippen molar-refractivity contribution in [3.05, 3.63) is 0 Å². The molecule has 0 aromatic heterocycles. The van der Waals surface area contributed by atoms with E-state index in [2.05, 4.69) is 0 Å². The number of hydrogen-bond acceptors (Lipinski definition) is 5. The zero-order valence-corrected chi connectivity index (χ0v) is 11.0. The van der Waals surface area contributed by atoms with Crippen LogP contribution < -0.4 is 0 Å². The second-order valence-electron chi connectivity index (χ2n) is 3.18. The van der Waals surface area contributed by atoms with Gasteiger partial charge >= 0.3 is 0 Å². The van der Waals surface area contributed by atoms with Crippen molar-refractivity contribution in [1.29, 1.82) is 0 Å². The summed E-state index contributed by atoms with van der Waals surface area (Å²) in [6.07, 6.45) is -1.08. The fourth-order valence-corrected chi connectivity index (χ4v) is 1.35. The standard InChI is InChI=1S/C7H15Cl2NO5S/c1-10(16(12,13)14)3-7(11)5-15-4-6(9)2-8/h6-7,11H,2-5H2,1H3,(H,12,13,14)/p-1. The lowest BCUT2D eigenvalue weighted by molar-refractivity contribution is 0.0304. The zero-order chi connectivity index (χ0) is 12.8. The van der Waals surface area contributed by atoms with Gasteiger partial charge in [0, 0.05) is 19.5 Å². The Morgan fingerprint density at radius 1 is 1.50 bits per heavy atom. The number of likely N-dealkylation sites (N-methyl/N-ethyl adjacent to an activating group) is 1. The van der Waals surface area contributed by atoms with E-state index in [4.69, 9.17) is 27.9 Å². The van der Waals surface area contributed by atoms with Gasteiger partial charge in [-0.2, -0.15) is 0 Å². The fraction of sp³-hybridized carbons (Fsp3) is 1.00. The van der Waals surface area contributed by atoms with Crippen molar-refractivity contribution in [2.75, 3.05) is 32.7 Å². The summed E-state index contributed by atoms with van der Waals surface area (Å²) in [5.74, 6) is 0.215. The summed E-state index contributed by atoms with van der Waals surface area (Å²) in [4.78, 5) is 0. The lowest BCUT2D eigenvalue weighted by Crippen LogP contribution is -2.36. The predicted octanol–water partition coefficient (Wildman–Crippen LogP) is -0.398. The van der Waals surface area contributed by atoms with Crippen LogP contribution in [-0.4, -0.2) is 66.5 Å². The molecule has 0 aromatic carbocycles. The van der Waals surface area contributed by atoms with Gasteiger partial charge in [0.15, 0.2) is 10.3 Å². The number of aliphatic hydroxyl groups excluding tert-OH is 1. The summed E-state index contributed by atoms with van der Waals surface area (Å²) < 4.78 is 36.9. The van der Waals surface area contributed by atoms with Gasteiger partial charge in [-0.3, -0.25) is 0 Å². The summed E-state index contributed by atoms with van der Waals surface area (Å²) >= 11 is 11.0. The topological polar surface area (TPSA) is 89.9 Å². The number of aliphatic hydroxyl groups is 1. The van der Waals surface area contributed by atoms with Gasteiger partial charge in [-0.25, -0.2) is 12.7 Å². The first-order valence-electron chi connectivity index (χ1n) is 4.40. The van der Waals surface area contributed by atoms with Crippen LogP contribution in [0.2, 0.25) is 0 Å². The molecule has 0 saturated carbocycles. The Kier molecular flexibility index (Phi) is 7.83. The zero-order valence-electron chi connectivity index (χ0n) is 8.67. The molecule has 0 aromatic rings. The maximum atomic E-state index is 10.5. The third-order valence-corrected chi connectivity index (χ3v) is 3.35. The molecule has 1 N–H and O–H groups in total. The molecule has 16 heavy (non-hydrogen) atoms. The van der Waals surface area contributed by atoms with E-state index in [1.165, 1.54) is 0 Å². The van der Waals surface area contributed by atoms with Gasteiger partial charge in [0.2, 0.25) is 0 Å². The normalized spacial score (nSPS) is 16.4. The molecule has 0 aliphatic carbocycles. The first-order chi connectivity index (χ1) is 7.27. The minimum absolute atomic E-state index is 0.111. The second kappa shape index (κ2) is 7.65. The van der Waals surface area contributed by atoms with Gasteiger partial charge in [0.25, 0.3) is 0 Å². The fourth-order valence-electron chi connectivity index (χ4n) is 0.817. The molecule has 9 heteroatoms. The van der Waals surface area contributed by atoms with Crippen LogP contribution in [0.4, 0.5) is 0 Å². The minimum Gasteiger partial charge on any atom is -0.735 e. The van der Waals surface area contributed by atoms with E-state index in [1.807, 2.05) is 0 Å². The van der Waals surface area contributed by atoms with Crippen LogP contribution in [0.1, 0.15) is 0 Å². The monoisotopic (exact) mass is 294 g/mol. The molecule has 0 aliphatic heterocycles. The van der Waals surface area contributed by atoms with Crippen LogP contribution in [0.3, 0.4) is 0 Å². The van der Waals surface area contributed by atoms with E-state index >= 15 is 0 Å². The third kappa shape index (κ3) is 7.61. The molecule has 6 nitrogen and oxygen atoms in total. The molecule has 2 atom stereocenters. The molecule has 0 bridgehead atoms. The Morgan fingerprint density at radius 2 is 2.06 bits per heavy atom. The molecule has 0 saturated heterocycles. The van der Waals surface area contributed by atoms with Crippen molar-refractivity contribution in [1.82, 2.24) is 4.31 Å². The van der Waals surface area contributed by atoms with E-state index in [1.54, 1.807) is 0 Å². The molecule has 0 spiro atoms. The summed E-state index contributed by atoms with van der Waals surface area (Å²) in [5.41, 5.74) is 0. The van der Waals surface area contributed by atoms with Crippen LogP contribution in [0.15, 0.2) is 0 Å². The van der Waals surface area contributed by atoms with Gasteiger partial charge < -0.3 is 14.4 Å². The maximum absolute atomic E-state index is 10.5. The van der Waals surface area contributed by atoms with Crippen LogP contribution in [0.25, 0.3) is 0 Å². The van der Waals surface area contributed by atoms with Crippen molar-refractivity contribution in [2.45, 2.75) is 11.5 Å². The number of rotatable bonds is 8. The summed E-state index contributed by atoms with van der Waals surface area (Å²) in [6, 6.07) is 0. The Balaban J connectivity index is 3.79. The average molecular weight is 295 g/mol. The number of nitrogens with zero attached hydrogens (tertiary/aromatic N) is 1. The molecule has 0 fully saturated rings. The van der Waals surface area contributed by atoms with E-state index in [-0.39, 0.29) is 31.0 Å². The molecule has 0 rings (SSSR count). The number of hydrogen-bond donors (Lipinski definition) is 1. The highest BCUT2D eigenvalue weighted by atomic mass is 35.5. The van der Waals surface area contributed by atoms with Gasteiger partial charge in [0.05, 0.1) is 24.7 Å². The van der Waals surface area contributed by atoms with Gasteiger partial charge in [-0.15, -0.1) is 23.2 Å². The highest BCUT2D eigenvalue weighted by Crippen LogP contribution is 2.01. The first-order valence-corrected chi connectivity index (χ1v) is 6.74. The predicted molar refractivity (Wildman–Crippen MR) is 59.5 cm³/mol. The van der Waals surface area contributed by atoms with E-state index in [9.17, 15) is 18.1 Å². The Labute approximate surface area is 105 Å². The number of alkyl halides is 2. The molecule has 98 valence electrons. The minimum atomic E-state index is -4.52. The van der Waals surface area contributed by atoms with Gasteiger partial charge in [-0.1, -0.05) is 0 Å². The van der Waals surface area contributed by atoms with Gasteiger partial charge in [0.1, 0.15) is 0 Å².